The maximum Gasteiger partial charge on any atom is 0.252 e. The first-order chi connectivity index (χ1) is 8.49. The summed E-state index contributed by atoms with van der Waals surface area (Å²) in [5.74, 6) is 0.352. The molecule has 2 nitrogen and oxygen atoms in total. The predicted molar refractivity (Wildman–Crippen MR) is 80.4 cm³/mol. The van der Waals surface area contributed by atoms with Gasteiger partial charge in [0.05, 0.1) is 11.1 Å². The third-order valence-electron chi connectivity index (χ3n) is 3.42. The maximum absolute atomic E-state index is 12.3. The summed E-state index contributed by atoms with van der Waals surface area (Å²) in [5.41, 5.74) is 1.39. The van der Waals surface area contributed by atoms with Gasteiger partial charge in [0.2, 0.25) is 0 Å². The predicted octanol–water partition coefficient (Wildman–Crippen LogP) is 4.28. The van der Waals surface area contributed by atoms with Gasteiger partial charge in [0.1, 0.15) is 0 Å². The van der Waals surface area contributed by atoms with Gasteiger partial charge in [0, 0.05) is 10.4 Å². The van der Waals surface area contributed by atoms with E-state index in [2.05, 4.69) is 21.2 Å². The van der Waals surface area contributed by atoms with Crippen molar-refractivity contribution in [3.63, 3.8) is 0 Å². The van der Waals surface area contributed by atoms with Crippen molar-refractivity contribution < 1.29 is 4.79 Å². The fraction of sp³-hybridized carbons (Fsp3) is 0.500. The van der Waals surface area contributed by atoms with E-state index in [1.807, 2.05) is 39.0 Å². The molecule has 0 bridgehead atoms. The van der Waals surface area contributed by atoms with E-state index in [1.54, 1.807) is 0 Å². The van der Waals surface area contributed by atoms with E-state index in [1.165, 1.54) is 0 Å². The van der Waals surface area contributed by atoms with Crippen LogP contribution in [0.3, 0.4) is 0 Å². The van der Waals surface area contributed by atoms with Gasteiger partial charge < -0.3 is 5.32 Å². The molecule has 1 amide bonds. The van der Waals surface area contributed by atoms with E-state index in [0.717, 1.165) is 22.9 Å². The average molecular weight is 333 g/mol. The van der Waals surface area contributed by atoms with Crippen LogP contribution < -0.4 is 5.32 Å². The molecule has 1 aromatic rings. The van der Waals surface area contributed by atoms with Crippen molar-refractivity contribution in [3.8, 4) is 0 Å². The number of halogens is 2. The number of carbonyl (C=O) groups is 1. The fourth-order valence-electron chi connectivity index (χ4n) is 1.78. The molecule has 0 aliphatic carbocycles. The Morgan fingerprint density at radius 2 is 2.00 bits per heavy atom. The Hall–Kier alpha value is -0.540. The minimum atomic E-state index is -0.318. The van der Waals surface area contributed by atoms with Gasteiger partial charge in [0.25, 0.3) is 5.91 Å². The lowest BCUT2D eigenvalue weighted by Crippen LogP contribution is -2.49. The van der Waals surface area contributed by atoms with E-state index >= 15 is 0 Å². The Morgan fingerprint density at radius 3 is 2.50 bits per heavy atom. The molecule has 4 heteroatoms. The van der Waals surface area contributed by atoms with E-state index < -0.39 is 0 Å². The fourth-order valence-corrected chi connectivity index (χ4v) is 2.67. The van der Waals surface area contributed by atoms with E-state index in [0.29, 0.717) is 11.4 Å². The van der Waals surface area contributed by atoms with Crippen molar-refractivity contribution in [2.45, 2.75) is 39.2 Å². The van der Waals surface area contributed by atoms with Crippen LogP contribution in [0.1, 0.15) is 42.6 Å². The molecule has 0 aliphatic heterocycles. The van der Waals surface area contributed by atoms with Gasteiger partial charge in [0.15, 0.2) is 0 Å². The number of nitrogens with one attached hydrogen (secondary N) is 1. The first-order valence-electron chi connectivity index (χ1n) is 6.13. The topological polar surface area (TPSA) is 29.1 Å². The number of amides is 1. The average Bonchev–Trinajstić information content (AvgIpc) is 2.39. The van der Waals surface area contributed by atoms with Crippen LogP contribution in [0.25, 0.3) is 0 Å². The molecule has 0 aliphatic rings. The van der Waals surface area contributed by atoms with Gasteiger partial charge >= 0.3 is 0 Å². The molecule has 0 saturated heterocycles. The Kier molecular flexibility index (Phi) is 5.67. The van der Waals surface area contributed by atoms with Gasteiger partial charge in [-0.3, -0.25) is 4.79 Å². The Morgan fingerprint density at radius 1 is 1.39 bits per heavy atom. The molecule has 0 unspecified atom stereocenters. The molecule has 18 heavy (non-hydrogen) atoms. The second kappa shape index (κ2) is 6.58. The van der Waals surface area contributed by atoms with Crippen LogP contribution in [0.4, 0.5) is 0 Å². The van der Waals surface area contributed by atoms with E-state index in [9.17, 15) is 4.79 Å². The molecular weight excluding hydrogens is 314 g/mol. The van der Waals surface area contributed by atoms with Crippen LogP contribution in [-0.2, 0) is 0 Å². The second-order valence-electron chi connectivity index (χ2n) is 4.51. The van der Waals surface area contributed by atoms with Crippen molar-refractivity contribution in [3.05, 3.63) is 33.8 Å². The summed E-state index contributed by atoms with van der Waals surface area (Å²) in [6.07, 6.45) is 1.64. The van der Waals surface area contributed by atoms with Crippen molar-refractivity contribution in [2.24, 2.45) is 0 Å². The molecule has 100 valence electrons. The first-order valence-corrected chi connectivity index (χ1v) is 7.46. The van der Waals surface area contributed by atoms with Gasteiger partial charge in [-0.05, 0) is 47.3 Å². The zero-order chi connectivity index (χ0) is 13.8. The maximum atomic E-state index is 12.3. The zero-order valence-electron chi connectivity index (χ0n) is 11.0. The molecule has 0 saturated carbocycles. The molecule has 0 heterocycles. The molecule has 0 atom stereocenters. The van der Waals surface area contributed by atoms with E-state index in [-0.39, 0.29) is 11.4 Å². The van der Waals surface area contributed by atoms with Gasteiger partial charge in [-0.1, -0.05) is 26.0 Å². The highest BCUT2D eigenvalue weighted by Crippen LogP contribution is 2.23. The Labute approximate surface area is 122 Å². The SMILES string of the molecule is CCC(CC)(CCl)NC(=O)c1cccc(C)c1Br. The van der Waals surface area contributed by atoms with Crippen LogP contribution in [0.5, 0.6) is 0 Å². The van der Waals surface area contributed by atoms with Crippen LogP contribution in [0.15, 0.2) is 22.7 Å². The summed E-state index contributed by atoms with van der Waals surface area (Å²) in [6.45, 7) is 6.05. The lowest BCUT2D eigenvalue weighted by molar-refractivity contribution is 0.0901. The summed E-state index contributed by atoms with van der Waals surface area (Å²) in [5, 5.41) is 3.06. The lowest BCUT2D eigenvalue weighted by Gasteiger charge is -2.30. The van der Waals surface area contributed by atoms with Crippen molar-refractivity contribution in [2.75, 3.05) is 5.88 Å². The Bertz CT molecular complexity index is 422. The van der Waals surface area contributed by atoms with E-state index in [4.69, 9.17) is 11.6 Å². The second-order valence-corrected chi connectivity index (χ2v) is 5.57. The summed E-state index contributed by atoms with van der Waals surface area (Å²) in [6, 6.07) is 5.67. The first kappa shape index (κ1) is 15.5. The van der Waals surface area contributed by atoms with Crippen LogP contribution in [0.2, 0.25) is 0 Å². The molecule has 1 rings (SSSR count). The van der Waals surface area contributed by atoms with Crippen molar-refractivity contribution in [1.29, 1.82) is 0 Å². The minimum absolute atomic E-state index is 0.0741. The quantitative estimate of drug-likeness (QED) is 0.801. The highest BCUT2D eigenvalue weighted by molar-refractivity contribution is 9.10. The van der Waals surface area contributed by atoms with Crippen molar-refractivity contribution in [1.82, 2.24) is 5.32 Å². The number of hydrogen-bond donors (Lipinski definition) is 1. The third kappa shape index (κ3) is 3.27. The molecule has 1 N–H and O–H groups in total. The summed E-state index contributed by atoms with van der Waals surface area (Å²) in [7, 11) is 0. The summed E-state index contributed by atoms with van der Waals surface area (Å²) >= 11 is 9.46. The molecule has 0 aromatic heterocycles. The highest BCUT2D eigenvalue weighted by atomic mass is 79.9. The van der Waals surface area contributed by atoms with Crippen LogP contribution >= 0.6 is 27.5 Å². The highest BCUT2D eigenvalue weighted by Gasteiger charge is 2.28. The zero-order valence-corrected chi connectivity index (χ0v) is 13.4. The smallest absolute Gasteiger partial charge is 0.252 e. The number of aryl methyl sites for hydroxylation is 1. The number of hydrogen-bond acceptors (Lipinski definition) is 1. The summed E-state index contributed by atoms with van der Waals surface area (Å²) in [4.78, 5) is 12.3. The third-order valence-corrected chi connectivity index (χ3v) is 4.99. The van der Waals surface area contributed by atoms with Crippen LogP contribution in [0, 0.1) is 6.92 Å². The Balaban J connectivity index is 2.98. The van der Waals surface area contributed by atoms with Gasteiger partial charge in [-0.25, -0.2) is 0 Å². The molecule has 1 aromatic carbocycles. The molecule has 0 fully saturated rings. The van der Waals surface area contributed by atoms with Crippen molar-refractivity contribution >= 4 is 33.4 Å². The molecule has 0 radical (unpaired) electrons. The number of alkyl halides is 1. The van der Waals surface area contributed by atoms with Gasteiger partial charge in [-0.2, -0.15) is 0 Å². The minimum Gasteiger partial charge on any atom is -0.345 e. The summed E-state index contributed by atoms with van der Waals surface area (Å²) < 4.78 is 0.846. The largest absolute Gasteiger partial charge is 0.345 e. The normalized spacial score (nSPS) is 11.4. The number of rotatable bonds is 5. The standard InChI is InChI=1S/C14H19BrClNO/c1-4-14(5-2,9-16)17-13(18)11-8-6-7-10(3)12(11)15/h6-8H,4-5,9H2,1-3H3,(H,17,18). The monoisotopic (exact) mass is 331 g/mol. The molecule has 0 spiro atoms. The molecular formula is C14H19BrClNO. The van der Waals surface area contributed by atoms with Gasteiger partial charge in [-0.15, -0.1) is 11.6 Å². The number of benzene rings is 1. The lowest BCUT2D eigenvalue weighted by atomic mass is 9.94. The number of carbonyl (C=O) groups excluding carboxylic acids is 1. The van der Waals surface area contributed by atoms with Crippen LogP contribution in [-0.4, -0.2) is 17.3 Å².